The second-order valence-electron chi connectivity index (χ2n) is 7.90. The van der Waals surface area contributed by atoms with Crippen LogP contribution in [0, 0.1) is 13.8 Å². The summed E-state index contributed by atoms with van der Waals surface area (Å²) < 4.78 is 11.0. The summed E-state index contributed by atoms with van der Waals surface area (Å²) in [6.45, 7) is 7.85. The van der Waals surface area contributed by atoms with Crippen molar-refractivity contribution >= 4 is 40.9 Å². The summed E-state index contributed by atoms with van der Waals surface area (Å²) in [7, 11) is 1.57. The molecule has 7 nitrogen and oxygen atoms in total. The van der Waals surface area contributed by atoms with Crippen LogP contribution in [0.15, 0.2) is 30.3 Å². The molecular formula is C24H28N2O5S2. The topological polar surface area (TPSA) is 89.0 Å². The van der Waals surface area contributed by atoms with Crippen LogP contribution in [0.25, 0.3) is 9.88 Å². The van der Waals surface area contributed by atoms with E-state index in [-0.39, 0.29) is 19.1 Å². The van der Waals surface area contributed by atoms with Gasteiger partial charge < -0.3 is 14.6 Å². The average molecular weight is 489 g/mol. The maximum absolute atomic E-state index is 12.0. The molecule has 0 aliphatic heterocycles. The minimum Gasteiger partial charge on any atom is -0.496 e. The molecule has 2 aromatic heterocycles. The molecule has 2 heterocycles. The first-order valence-electron chi connectivity index (χ1n) is 10.5. The molecule has 3 rings (SSSR count). The lowest BCUT2D eigenvalue weighted by molar-refractivity contribution is -0.153. The molecule has 33 heavy (non-hydrogen) atoms. The number of nitrogens with zero attached hydrogens (tertiary/aromatic N) is 2. The lowest BCUT2D eigenvalue weighted by Gasteiger charge is -2.20. The fourth-order valence-corrected chi connectivity index (χ4v) is 5.32. The van der Waals surface area contributed by atoms with E-state index in [2.05, 4.69) is 6.07 Å². The number of rotatable bonds is 11. The Morgan fingerprint density at radius 3 is 2.55 bits per heavy atom. The summed E-state index contributed by atoms with van der Waals surface area (Å²) >= 11 is 3.22. The quantitative estimate of drug-likeness (QED) is 0.379. The zero-order chi connectivity index (χ0) is 24.1. The maximum atomic E-state index is 12.0. The molecule has 0 bridgehead atoms. The number of amides is 1. The number of benzene rings is 1. The number of anilines is 1. The molecule has 0 saturated heterocycles. The number of aryl methyl sites for hydroxylation is 2. The van der Waals surface area contributed by atoms with Crippen molar-refractivity contribution in [3.63, 3.8) is 0 Å². The molecule has 1 amide bonds. The van der Waals surface area contributed by atoms with Crippen molar-refractivity contribution < 1.29 is 24.2 Å². The summed E-state index contributed by atoms with van der Waals surface area (Å²) in [5.41, 5.74) is 1.55. The Balaban J connectivity index is 1.87. The monoisotopic (exact) mass is 488 g/mol. The Morgan fingerprint density at radius 2 is 1.97 bits per heavy atom. The van der Waals surface area contributed by atoms with Gasteiger partial charge in [-0.3, -0.25) is 9.69 Å². The third kappa shape index (κ3) is 6.19. The van der Waals surface area contributed by atoms with Crippen molar-refractivity contribution in [1.82, 2.24) is 4.98 Å². The van der Waals surface area contributed by atoms with Gasteiger partial charge in [0.1, 0.15) is 16.6 Å². The number of carboxylic acid groups (broad SMARTS) is 1. The second-order valence-corrected chi connectivity index (χ2v) is 10.4. The normalized spacial score (nSPS) is 12.1. The van der Waals surface area contributed by atoms with Crippen molar-refractivity contribution in [1.29, 1.82) is 0 Å². The fraction of sp³-hybridized carbons (Fsp3) is 0.375. The molecule has 0 saturated carbocycles. The molecule has 9 heteroatoms. The van der Waals surface area contributed by atoms with Crippen LogP contribution in [0.4, 0.5) is 5.82 Å². The Morgan fingerprint density at radius 1 is 1.21 bits per heavy atom. The number of ether oxygens (including phenoxy) is 2. The smallest absolute Gasteiger partial charge is 0.333 e. The minimum absolute atomic E-state index is 0.205. The Bertz CT molecular complexity index is 1120. The maximum Gasteiger partial charge on any atom is 0.333 e. The van der Waals surface area contributed by atoms with E-state index in [1.165, 1.54) is 4.88 Å². The van der Waals surface area contributed by atoms with E-state index in [0.29, 0.717) is 11.6 Å². The Hall–Kier alpha value is -2.75. The van der Waals surface area contributed by atoms with Crippen LogP contribution in [0.5, 0.6) is 5.75 Å². The zero-order valence-corrected chi connectivity index (χ0v) is 21.0. The van der Waals surface area contributed by atoms with Crippen LogP contribution in [0.1, 0.15) is 34.7 Å². The molecule has 0 fully saturated rings. The van der Waals surface area contributed by atoms with Crippen molar-refractivity contribution in [3.05, 3.63) is 51.2 Å². The second kappa shape index (κ2) is 10.9. The number of carbonyl (C=O) groups excluding carboxylic acids is 1. The molecule has 0 spiro atoms. The van der Waals surface area contributed by atoms with Gasteiger partial charge in [0.2, 0.25) is 6.41 Å². The van der Waals surface area contributed by atoms with Gasteiger partial charge in [-0.1, -0.05) is 12.1 Å². The summed E-state index contributed by atoms with van der Waals surface area (Å²) in [4.78, 5) is 33.1. The third-order valence-corrected chi connectivity index (χ3v) is 7.07. The number of hydrogen-bond acceptors (Lipinski definition) is 7. The van der Waals surface area contributed by atoms with E-state index in [1.54, 1.807) is 54.6 Å². The Kier molecular flexibility index (Phi) is 8.23. The lowest BCUT2D eigenvalue weighted by atomic mass is 10.0. The molecule has 0 radical (unpaired) electrons. The minimum atomic E-state index is -1.01. The van der Waals surface area contributed by atoms with Crippen LogP contribution >= 0.6 is 22.7 Å². The van der Waals surface area contributed by atoms with E-state index < -0.39 is 12.1 Å². The highest BCUT2D eigenvalue weighted by Gasteiger charge is 2.22. The number of aromatic nitrogens is 1. The molecule has 1 atom stereocenters. The lowest BCUT2D eigenvalue weighted by Crippen LogP contribution is -2.29. The van der Waals surface area contributed by atoms with Crippen molar-refractivity contribution in [2.75, 3.05) is 12.0 Å². The van der Waals surface area contributed by atoms with Gasteiger partial charge >= 0.3 is 5.97 Å². The molecular weight excluding hydrogens is 460 g/mol. The van der Waals surface area contributed by atoms with Gasteiger partial charge in [-0.25, -0.2) is 9.78 Å². The van der Waals surface area contributed by atoms with Crippen LogP contribution < -0.4 is 9.64 Å². The van der Waals surface area contributed by atoms with Crippen LogP contribution in [-0.4, -0.2) is 41.8 Å². The number of carboxylic acids is 1. The molecule has 1 unspecified atom stereocenters. The number of carbonyl (C=O) groups is 2. The number of hydrogen-bond donors (Lipinski definition) is 1. The van der Waals surface area contributed by atoms with E-state index in [1.807, 2.05) is 32.0 Å². The predicted molar refractivity (Wildman–Crippen MR) is 131 cm³/mol. The van der Waals surface area contributed by atoms with Gasteiger partial charge in [-0.15, -0.1) is 22.7 Å². The Labute approximate surface area is 201 Å². The van der Waals surface area contributed by atoms with Gasteiger partial charge in [-0.05, 0) is 51.5 Å². The van der Waals surface area contributed by atoms with Crippen LogP contribution in [0.2, 0.25) is 0 Å². The van der Waals surface area contributed by atoms with E-state index in [4.69, 9.17) is 14.5 Å². The van der Waals surface area contributed by atoms with Gasteiger partial charge in [0, 0.05) is 21.7 Å². The van der Waals surface area contributed by atoms with Gasteiger partial charge in [-0.2, -0.15) is 0 Å². The molecule has 1 N–H and O–H groups in total. The SMILES string of the molecule is COc1ccc(CC(OC(C)C)C(=O)O)cc1CN(C=O)c1nc(-c2ccc(C)s2)sc1C. The van der Waals surface area contributed by atoms with E-state index in [0.717, 1.165) is 32.3 Å². The average Bonchev–Trinajstić information content (AvgIpc) is 3.37. The number of thiophene rings is 1. The largest absolute Gasteiger partial charge is 0.496 e. The molecule has 0 aliphatic rings. The van der Waals surface area contributed by atoms with Crippen molar-refractivity contribution in [2.45, 2.75) is 52.9 Å². The van der Waals surface area contributed by atoms with Crippen LogP contribution in [-0.2, 0) is 27.3 Å². The van der Waals surface area contributed by atoms with Gasteiger partial charge in [0.25, 0.3) is 0 Å². The number of aliphatic carboxylic acids is 1. The van der Waals surface area contributed by atoms with Crippen molar-refractivity contribution in [3.8, 4) is 15.6 Å². The molecule has 176 valence electrons. The first kappa shape index (κ1) is 24.9. The van der Waals surface area contributed by atoms with Crippen LogP contribution in [0.3, 0.4) is 0 Å². The molecule has 1 aromatic carbocycles. The van der Waals surface area contributed by atoms with Gasteiger partial charge in [0.15, 0.2) is 6.10 Å². The van der Waals surface area contributed by atoms with Gasteiger partial charge in [0.05, 0.1) is 24.6 Å². The molecule has 3 aromatic rings. The highest BCUT2D eigenvalue weighted by atomic mass is 32.1. The summed E-state index contributed by atoms with van der Waals surface area (Å²) in [5.74, 6) is 0.212. The fourth-order valence-electron chi connectivity index (χ4n) is 3.47. The van der Waals surface area contributed by atoms with E-state index in [9.17, 15) is 14.7 Å². The summed E-state index contributed by atoms with van der Waals surface area (Å²) in [6, 6.07) is 9.56. The zero-order valence-electron chi connectivity index (χ0n) is 19.3. The summed E-state index contributed by atoms with van der Waals surface area (Å²) in [6.07, 6.45) is -0.183. The highest BCUT2D eigenvalue weighted by molar-refractivity contribution is 7.22. The first-order valence-corrected chi connectivity index (χ1v) is 12.1. The third-order valence-electron chi connectivity index (χ3n) is 4.94. The van der Waals surface area contributed by atoms with Crippen molar-refractivity contribution in [2.24, 2.45) is 0 Å². The highest BCUT2D eigenvalue weighted by Crippen LogP contribution is 2.36. The van der Waals surface area contributed by atoms with E-state index >= 15 is 0 Å². The number of methoxy groups -OCH3 is 1. The molecule has 0 aliphatic carbocycles. The number of thiazole rings is 1. The predicted octanol–water partition coefficient (Wildman–Crippen LogP) is 5.08. The summed E-state index contributed by atoms with van der Waals surface area (Å²) in [5, 5.41) is 10.4. The first-order chi connectivity index (χ1) is 15.7. The standard InChI is InChI=1S/C24H28N2O5S2/c1-14(2)31-20(24(28)29)11-17-7-8-19(30-5)18(10-17)12-26(13-27)22-16(4)33-23(25-22)21-9-6-15(3)32-21/h6-10,13-14,20H,11-12H2,1-5H3,(H,28,29).